The fourth-order valence-electron chi connectivity index (χ4n) is 3.59. The maximum absolute atomic E-state index is 12.7. The Labute approximate surface area is 185 Å². The predicted octanol–water partition coefficient (Wildman–Crippen LogP) is 3.23. The lowest BCUT2D eigenvalue weighted by molar-refractivity contribution is -0.133. The average Bonchev–Trinajstić information content (AvgIpc) is 3.28. The second-order valence-corrected chi connectivity index (χ2v) is 8.47. The van der Waals surface area contributed by atoms with E-state index in [4.69, 9.17) is 4.74 Å². The third-order valence-electron chi connectivity index (χ3n) is 5.12. The lowest BCUT2D eigenvalue weighted by Gasteiger charge is -2.42. The summed E-state index contributed by atoms with van der Waals surface area (Å²) >= 11 is 1.21. The van der Waals surface area contributed by atoms with E-state index in [9.17, 15) is 9.59 Å². The molecule has 1 spiro atoms. The average molecular weight is 438 g/mol. The molecule has 0 radical (unpaired) electrons. The van der Waals surface area contributed by atoms with Crippen LogP contribution in [0, 0.1) is 6.92 Å². The van der Waals surface area contributed by atoms with Crippen LogP contribution in [-0.4, -0.2) is 51.8 Å². The number of hydrazone groups is 2. The lowest BCUT2D eigenvalue weighted by Crippen LogP contribution is -2.61. The Morgan fingerprint density at radius 1 is 1.06 bits per heavy atom. The van der Waals surface area contributed by atoms with E-state index in [0.29, 0.717) is 10.9 Å². The van der Waals surface area contributed by atoms with Crippen LogP contribution in [0.3, 0.4) is 0 Å². The highest BCUT2D eigenvalue weighted by atomic mass is 32.2. The number of methoxy groups -OCH3 is 1. The summed E-state index contributed by atoms with van der Waals surface area (Å²) in [5.74, 6) is 0.875. The summed E-state index contributed by atoms with van der Waals surface area (Å²) in [4.78, 5) is 26.9. The number of Topliss-reactive ketones (excluding diaryl/α,β-unsaturated/α-hetero) is 1. The summed E-state index contributed by atoms with van der Waals surface area (Å²) in [7, 11) is 3.45. The summed E-state index contributed by atoms with van der Waals surface area (Å²) in [6.07, 6.45) is 0. The number of carbonyl (C=O) groups excluding carboxylic acids is 2. The van der Waals surface area contributed by atoms with E-state index >= 15 is 0 Å². The first kappa shape index (κ1) is 20.9. The van der Waals surface area contributed by atoms with E-state index in [2.05, 4.69) is 10.2 Å². The fraction of sp³-hybridized carbons (Fsp3) is 0.273. The number of nitrogens with zero attached hydrogens (tertiary/aromatic N) is 5. The molecule has 0 saturated heterocycles. The number of amides is 1. The Morgan fingerprint density at radius 2 is 1.77 bits per heavy atom. The van der Waals surface area contributed by atoms with Gasteiger partial charge in [-0.15, -0.1) is 5.10 Å². The Hall–Kier alpha value is -3.33. The molecular weight excluding hydrogens is 414 g/mol. The smallest absolute Gasteiger partial charge is 0.292 e. The highest BCUT2D eigenvalue weighted by Crippen LogP contribution is 2.48. The van der Waals surface area contributed by atoms with Crippen LogP contribution >= 0.6 is 11.8 Å². The predicted molar refractivity (Wildman–Crippen MR) is 122 cm³/mol. The molecule has 0 aliphatic carbocycles. The van der Waals surface area contributed by atoms with Gasteiger partial charge in [0.1, 0.15) is 5.75 Å². The van der Waals surface area contributed by atoms with Crippen LogP contribution in [0.4, 0.5) is 5.69 Å². The zero-order valence-electron chi connectivity index (χ0n) is 18.0. The van der Waals surface area contributed by atoms with Gasteiger partial charge in [0.15, 0.2) is 16.7 Å². The van der Waals surface area contributed by atoms with Gasteiger partial charge in [0.2, 0.25) is 5.91 Å². The zero-order chi connectivity index (χ0) is 22.3. The molecule has 1 unspecified atom stereocenters. The molecule has 2 aliphatic heterocycles. The molecule has 1 amide bonds. The number of ether oxygens (including phenoxy) is 1. The van der Waals surface area contributed by atoms with Crippen molar-refractivity contribution in [2.75, 3.05) is 19.2 Å². The van der Waals surface area contributed by atoms with Crippen molar-refractivity contribution in [1.29, 1.82) is 0 Å². The van der Waals surface area contributed by atoms with E-state index in [-0.39, 0.29) is 11.7 Å². The molecule has 2 heterocycles. The fourth-order valence-corrected chi connectivity index (χ4v) is 4.83. The molecule has 0 fully saturated rings. The molecule has 0 aromatic heterocycles. The molecular formula is C22H23N5O3S. The molecule has 2 aliphatic rings. The van der Waals surface area contributed by atoms with E-state index in [0.717, 1.165) is 22.6 Å². The molecule has 1 atom stereocenters. The first-order chi connectivity index (χ1) is 14.8. The summed E-state index contributed by atoms with van der Waals surface area (Å²) in [5, 5.41) is 11.5. The number of rotatable bonds is 4. The number of hydrogen-bond donors (Lipinski definition) is 0. The van der Waals surface area contributed by atoms with E-state index in [1.807, 2.05) is 67.4 Å². The third kappa shape index (κ3) is 3.34. The maximum atomic E-state index is 12.7. The largest absolute Gasteiger partial charge is 0.497 e. The molecule has 8 nitrogen and oxygen atoms in total. The normalized spacial score (nSPS) is 20.2. The SMILES string of the molecule is COc1ccc(C2=NN(C(C)=O)C3(SC(C(C)=O)=NN3c3cccc(C)c3)N2C)cc1. The molecule has 0 saturated carbocycles. The van der Waals surface area contributed by atoms with Crippen molar-refractivity contribution in [3.8, 4) is 5.75 Å². The molecule has 9 heteroatoms. The second-order valence-electron chi connectivity index (χ2n) is 7.33. The van der Waals surface area contributed by atoms with Crippen LogP contribution in [0.15, 0.2) is 58.7 Å². The number of amidine groups is 1. The molecule has 31 heavy (non-hydrogen) atoms. The summed E-state index contributed by atoms with van der Waals surface area (Å²) in [5.41, 5.74) is 2.61. The van der Waals surface area contributed by atoms with Crippen molar-refractivity contribution in [1.82, 2.24) is 9.91 Å². The summed E-state index contributed by atoms with van der Waals surface area (Å²) in [6.45, 7) is 4.91. The molecule has 0 bridgehead atoms. The Bertz CT molecular complexity index is 1110. The van der Waals surface area contributed by atoms with Crippen LogP contribution in [-0.2, 0) is 9.59 Å². The van der Waals surface area contributed by atoms with Crippen LogP contribution < -0.4 is 9.75 Å². The first-order valence-electron chi connectivity index (χ1n) is 9.71. The van der Waals surface area contributed by atoms with Gasteiger partial charge in [-0.05, 0) is 60.6 Å². The molecule has 2 aromatic rings. The highest BCUT2D eigenvalue weighted by Gasteiger charge is 2.60. The lowest BCUT2D eigenvalue weighted by atomic mass is 10.2. The van der Waals surface area contributed by atoms with E-state index in [1.54, 1.807) is 12.1 Å². The Morgan fingerprint density at radius 3 is 2.35 bits per heavy atom. The van der Waals surface area contributed by atoms with Gasteiger partial charge in [-0.2, -0.15) is 10.1 Å². The van der Waals surface area contributed by atoms with Gasteiger partial charge in [0, 0.05) is 26.5 Å². The van der Waals surface area contributed by atoms with E-state index < -0.39 is 5.12 Å². The van der Waals surface area contributed by atoms with Gasteiger partial charge >= 0.3 is 0 Å². The van der Waals surface area contributed by atoms with E-state index in [1.165, 1.54) is 30.6 Å². The van der Waals surface area contributed by atoms with Crippen molar-refractivity contribution in [3.05, 3.63) is 59.7 Å². The van der Waals surface area contributed by atoms with Gasteiger partial charge in [-0.1, -0.05) is 12.1 Å². The molecule has 160 valence electrons. The van der Waals surface area contributed by atoms with Gasteiger partial charge in [0.05, 0.1) is 12.8 Å². The Balaban J connectivity index is 1.85. The molecule has 4 rings (SSSR count). The molecule has 0 N–H and O–H groups in total. The minimum atomic E-state index is -1.17. The standard InChI is InChI=1S/C22H23N5O3S/c1-14-7-6-8-18(13-14)27-22(31-21(24-27)15(2)28)25(4)20(23-26(22)16(3)29)17-9-11-19(30-5)12-10-17/h6-13H,1-5H3. The van der Waals surface area contributed by atoms with Crippen LogP contribution in [0.5, 0.6) is 5.75 Å². The minimum absolute atomic E-state index is 0.172. The van der Waals surface area contributed by atoms with Gasteiger partial charge in [0.25, 0.3) is 5.12 Å². The topological polar surface area (TPSA) is 77.8 Å². The van der Waals surface area contributed by atoms with Crippen molar-refractivity contribution in [3.63, 3.8) is 0 Å². The van der Waals surface area contributed by atoms with Gasteiger partial charge in [-0.25, -0.2) is 5.01 Å². The number of anilines is 1. The van der Waals surface area contributed by atoms with Gasteiger partial charge in [-0.3, -0.25) is 9.59 Å². The Kier molecular flexibility index (Phi) is 5.22. The van der Waals surface area contributed by atoms with Crippen molar-refractivity contribution in [2.24, 2.45) is 10.2 Å². The number of ketones is 1. The quantitative estimate of drug-likeness (QED) is 0.731. The van der Waals surface area contributed by atoms with Crippen molar-refractivity contribution in [2.45, 2.75) is 25.9 Å². The number of aryl methyl sites for hydroxylation is 1. The number of carbonyl (C=O) groups is 2. The number of thioether (sulfide) groups is 1. The number of hydrogen-bond acceptors (Lipinski definition) is 8. The molecule has 2 aromatic carbocycles. The highest BCUT2D eigenvalue weighted by molar-refractivity contribution is 8.17. The first-order valence-corrected chi connectivity index (χ1v) is 10.5. The van der Waals surface area contributed by atoms with Gasteiger partial charge < -0.3 is 9.64 Å². The zero-order valence-corrected chi connectivity index (χ0v) is 18.8. The number of benzene rings is 2. The van der Waals surface area contributed by atoms with Crippen LogP contribution in [0.25, 0.3) is 0 Å². The third-order valence-corrected chi connectivity index (χ3v) is 6.58. The van der Waals surface area contributed by atoms with Crippen molar-refractivity contribution >= 4 is 40.0 Å². The maximum Gasteiger partial charge on any atom is 0.292 e. The summed E-state index contributed by atoms with van der Waals surface area (Å²) in [6, 6.07) is 15.2. The minimum Gasteiger partial charge on any atom is -0.497 e. The second kappa shape index (κ2) is 7.73. The summed E-state index contributed by atoms with van der Waals surface area (Å²) < 4.78 is 5.25. The monoisotopic (exact) mass is 437 g/mol. The van der Waals surface area contributed by atoms with Crippen LogP contribution in [0.2, 0.25) is 0 Å². The van der Waals surface area contributed by atoms with Crippen LogP contribution in [0.1, 0.15) is 25.0 Å². The van der Waals surface area contributed by atoms with Crippen molar-refractivity contribution < 1.29 is 14.3 Å².